The van der Waals surface area contributed by atoms with Gasteiger partial charge in [0.15, 0.2) is 0 Å². The van der Waals surface area contributed by atoms with Gasteiger partial charge in [0.05, 0.1) is 17.6 Å². The van der Waals surface area contributed by atoms with Crippen LogP contribution in [0.5, 0.6) is 0 Å². The summed E-state index contributed by atoms with van der Waals surface area (Å²) in [4.78, 5) is 0.183. The summed E-state index contributed by atoms with van der Waals surface area (Å²) >= 11 is 0. The van der Waals surface area contributed by atoms with Gasteiger partial charge in [-0.2, -0.15) is 8.42 Å². The summed E-state index contributed by atoms with van der Waals surface area (Å²) in [7, 11) is -3.66. The van der Waals surface area contributed by atoms with Gasteiger partial charge in [0, 0.05) is 6.61 Å². The van der Waals surface area contributed by atoms with Crippen LogP contribution in [0.1, 0.15) is 18.4 Å². The molecule has 116 valence electrons. The fraction of sp³-hybridized carbons (Fsp3) is 0.375. The molecule has 1 rings (SSSR count). The van der Waals surface area contributed by atoms with Crippen LogP contribution in [-0.4, -0.2) is 27.7 Å². The number of unbranched alkanes of at least 4 members (excludes halogenated alkanes) is 1. The smallest absolute Gasteiger partial charge is 0.296 e. The number of aryl methyl sites for hydroxylation is 1. The van der Waals surface area contributed by atoms with E-state index in [0.29, 0.717) is 19.4 Å². The minimum Gasteiger partial charge on any atom is -0.370 e. The third kappa shape index (κ3) is 6.25. The first-order valence-electron chi connectivity index (χ1n) is 6.82. The van der Waals surface area contributed by atoms with Crippen molar-refractivity contribution in [1.82, 2.24) is 0 Å². The Morgan fingerprint density at radius 3 is 2.24 bits per heavy atom. The monoisotopic (exact) mass is 310 g/mol. The quantitative estimate of drug-likeness (QED) is 0.378. The van der Waals surface area contributed by atoms with Crippen LogP contribution in [0.4, 0.5) is 0 Å². The lowest BCUT2D eigenvalue weighted by Gasteiger charge is -2.09. The van der Waals surface area contributed by atoms with E-state index in [9.17, 15) is 8.42 Å². The van der Waals surface area contributed by atoms with Crippen LogP contribution in [0.25, 0.3) is 0 Å². The van der Waals surface area contributed by atoms with Crippen molar-refractivity contribution < 1.29 is 17.3 Å². The molecule has 21 heavy (non-hydrogen) atoms. The van der Waals surface area contributed by atoms with E-state index < -0.39 is 10.1 Å². The van der Waals surface area contributed by atoms with Crippen LogP contribution in [0.3, 0.4) is 0 Å². The standard InChI is InChI=1S/C16H22O4S/c1-4-15(5-2)19-12-6-7-13-20-21(17,18)16-10-8-14(3)9-11-16/h4-5,8-11,15H,1-2,6-7,12-13H2,3H3. The lowest BCUT2D eigenvalue weighted by atomic mass is 10.2. The molecule has 1 aromatic carbocycles. The number of benzene rings is 1. The van der Waals surface area contributed by atoms with E-state index in [-0.39, 0.29) is 17.6 Å². The summed E-state index contributed by atoms with van der Waals surface area (Å²) in [6.07, 6.45) is 4.46. The normalized spacial score (nSPS) is 11.5. The third-order valence-electron chi connectivity index (χ3n) is 2.86. The minimum atomic E-state index is -3.66. The highest BCUT2D eigenvalue weighted by Gasteiger charge is 2.14. The Morgan fingerprint density at radius 1 is 1.10 bits per heavy atom. The van der Waals surface area contributed by atoms with E-state index in [4.69, 9.17) is 8.92 Å². The molecule has 0 saturated carbocycles. The molecule has 0 aliphatic carbocycles. The van der Waals surface area contributed by atoms with Crippen molar-refractivity contribution in [1.29, 1.82) is 0 Å². The van der Waals surface area contributed by atoms with E-state index >= 15 is 0 Å². The average molecular weight is 310 g/mol. The van der Waals surface area contributed by atoms with Crippen LogP contribution in [-0.2, 0) is 19.0 Å². The van der Waals surface area contributed by atoms with Gasteiger partial charge in [0.25, 0.3) is 10.1 Å². The van der Waals surface area contributed by atoms with Crippen LogP contribution in [0.2, 0.25) is 0 Å². The van der Waals surface area contributed by atoms with Gasteiger partial charge in [0.1, 0.15) is 0 Å². The number of ether oxygens (including phenoxy) is 1. The molecule has 0 bridgehead atoms. The molecule has 0 aliphatic heterocycles. The summed E-state index contributed by atoms with van der Waals surface area (Å²) in [5, 5.41) is 0. The van der Waals surface area contributed by atoms with Crippen molar-refractivity contribution in [3.05, 3.63) is 55.1 Å². The Bertz CT molecular complexity index is 538. The molecule has 0 atom stereocenters. The molecule has 0 N–H and O–H groups in total. The average Bonchev–Trinajstić information content (AvgIpc) is 2.47. The highest BCUT2D eigenvalue weighted by molar-refractivity contribution is 7.86. The first-order chi connectivity index (χ1) is 9.99. The Morgan fingerprint density at radius 2 is 1.67 bits per heavy atom. The molecule has 0 aromatic heterocycles. The maximum absolute atomic E-state index is 11.9. The molecule has 1 aromatic rings. The van der Waals surface area contributed by atoms with E-state index in [1.165, 1.54) is 0 Å². The van der Waals surface area contributed by atoms with Gasteiger partial charge in [-0.1, -0.05) is 29.8 Å². The highest BCUT2D eigenvalue weighted by atomic mass is 32.2. The van der Waals surface area contributed by atoms with E-state index in [1.54, 1.807) is 36.4 Å². The minimum absolute atomic E-state index is 0.145. The predicted octanol–water partition coefficient (Wildman–Crippen LogP) is 3.24. The van der Waals surface area contributed by atoms with Crippen molar-refractivity contribution in [2.75, 3.05) is 13.2 Å². The Balaban J connectivity index is 2.30. The SMILES string of the molecule is C=CC(C=C)OCCCCOS(=O)(=O)c1ccc(C)cc1. The summed E-state index contributed by atoms with van der Waals surface area (Å²) in [6, 6.07) is 6.59. The molecule has 0 radical (unpaired) electrons. The molecule has 0 amide bonds. The molecule has 0 saturated heterocycles. The maximum atomic E-state index is 11.9. The molecule has 0 spiro atoms. The molecule has 4 nitrogen and oxygen atoms in total. The van der Waals surface area contributed by atoms with E-state index in [2.05, 4.69) is 13.2 Å². The molecular weight excluding hydrogens is 288 g/mol. The van der Waals surface area contributed by atoms with Crippen molar-refractivity contribution in [3.8, 4) is 0 Å². The Hall–Kier alpha value is -1.43. The largest absolute Gasteiger partial charge is 0.370 e. The second-order valence-corrected chi connectivity index (χ2v) is 6.22. The fourth-order valence-electron chi connectivity index (χ4n) is 1.60. The summed E-state index contributed by atoms with van der Waals surface area (Å²) in [5.74, 6) is 0. The Kier molecular flexibility index (Phi) is 7.36. The Labute approximate surface area is 127 Å². The number of hydrogen-bond acceptors (Lipinski definition) is 4. The zero-order chi connectivity index (χ0) is 15.7. The predicted molar refractivity (Wildman–Crippen MR) is 83.7 cm³/mol. The van der Waals surface area contributed by atoms with Crippen LogP contribution in [0, 0.1) is 6.92 Å². The van der Waals surface area contributed by atoms with Crippen molar-refractivity contribution in [2.24, 2.45) is 0 Å². The first-order valence-corrected chi connectivity index (χ1v) is 8.23. The fourth-order valence-corrected chi connectivity index (χ4v) is 2.54. The van der Waals surface area contributed by atoms with Gasteiger partial charge >= 0.3 is 0 Å². The summed E-state index contributed by atoms with van der Waals surface area (Å²) in [5.41, 5.74) is 1.00. The van der Waals surface area contributed by atoms with Gasteiger partial charge in [-0.15, -0.1) is 13.2 Å². The molecule has 0 aliphatic rings. The van der Waals surface area contributed by atoms with E-state index in [1.807, 2.05) is 6.92 Å². The number of hydrogen-bond donors (Lipinski definition) is 0. The second-order valence-electron chi connectivity index (χ2n) is 4.60. The highest BCUT2D eigenvalue weighted by Crippen LogP contribution is 2.13. The van der Waals surface area contributed by atoms with Crippen molar-refractivity contribution >= 4 is 10.1 Å². The molecule has 0 heterocycles. The van der Waals surface area contributed by atoms with Crippen LogP contribution < -0.4 is 0 Å². The van der Waals surface area contributed by atoms with Crippen molar-refractivity contribution in [2.45, 2.75) is 30.8 Å². The maximum Gasteiger partial charge on any atom is 0.296 e. The third-order valence-corrected chi connectivity index (χ3v) is 4.19. The molecular formula is C16H22O4S. The second kappa shape index (κ2) is 8.77. The van der Waals surface area contributed by atoms with Crippen LogP contribution >= 0.6 is 0 Å². The number of rotatable bonds is 10. The van der Waals surface area contributed by atoms with Crippen LogP contribution in [0.15, 0.2) is 54.5 Å². The molecule has 0 fully saturated rings. The van der Waals surface area contributed by atoms with Gasteiger partial charge in [0.2, 0.25) is 0 Å². The zero-order valence-electron chi connectivity index (χ0n) is 12.3. The van der Waals surface area contributed by atoms with Gasteiger partial charge in [-0.25, -0.2) is 0 Å². The van der Waals surface area contributed by atoms with Gasteiger partial charge in [-0.05, 0) is 31.9 Å². The first kappa shape index (κ1) is 17.6. The topological polar surface area (TPSA) is 52.6 Å². The lowest BCUT2D eigenvalue weighted by molar-refractivity contribution is 0.109. The summed E-state index contributed by atoms with van der Waals surface area (Å²) in [6.45, 7) is 9.79. The lowest BCUT2D eigenvalue weighted by Crippen LogP contribution is -2.10. The zero-order valence-corrected chi connectivity index (χ0v) is 13.1. The molecule has 0 unspecified atom stereocenters. The van der Waals surface area contributed by atoms with Gasteiger partial charge < -0.3 is 4.74 Å². The molecule has 5 heteroatoms. The summed E-state index contributed by atoms with van der Waals surface area (Å²) < 4.78 is 34.2. The van der Waals surface area contributed by atoms with Crippen molar-refractivity contribution in [3.63, 3.8) is 0 Å². The van der Waals surface area contributed by atoms with Gasteiger partial charge in [-0.3, -0.25) is 4.18 Å². The van der Waals surface area contributed by atoms with E-state index in [0.717, 1.165) is 5.56 Å².